The predicted molar refractivity (Wildman–Crippen MR) is 68.0 cm³/mol. The van der Waals surface area contributed by atoms with Crippen LogP contribution >= 0.6 is 11.6 Å². The maximum Gasteiger partial charge on any atom is 0.255 e. The van der Waals surface area contributed by atoms with Gasteiger partial charge in [-0.15, -0.1) is 0 Å². The number of primary sulfonamides is 1. The molecule has 1 amide bonds. The standard InChI is InChI=1S/C10H12ClN3O3S/c1-2-9-13-7-4-6(11)8(18(12,16)17)3-5(7)10(15)14-9/h3-4,9,13H,2H2,1H3,(H,14,15)(H2,12,16,17)/t9-/m1/s1. The first-order valence-corrected chi connectivity index (χ1v) is 7.19. The lowest BCUT2D eigenvalue weighted by molar-refractivity contribution is 0.0935. The van der Waals surface area contributed by atoms with Crippen molar-refractivity contribution in [3.8, 4) is 0 Å². The largest absolute Gasteiger partial charge is 0.365 e. The molecule has 98 valence electrons. The molecule has 0 saturated heterocycles. The van der Waals surface area contributed by atoms with Crippen LogP contribution in [-0.2, 0) is 10.0 Å². The molecule has 0 radical (unpaired) electrons. The first kappa shape index (κ1) is 13.1. The van der Waals surface area contributed by atoms with Gasteiger partial charge in [-0.3, -0.25) is 4.79 Å². The van der Waals surface area contributed by atoms with Crippen molar-refractivity contribution in [2.75, 3.05) is 5.32 Å². The monoisotopic (exact) mass is 289 g/mol. The number of sulfonamides is 1. The van der Waals surface area contributed by atoms with Crippen molar-refractivity contribution in [2.24, 2.45) is 5.14 Å². The molecule has 1 atom stereocenters. The van der Waals surface area contributed by atoms with Gasteiger partial charge in [0.2, 0.25) is 10.0 Å². The Labute approximate surface area is 110 Å². The number of nitrogens with one attached hydrogen (secondary N) is 2. The van der Waals surface area contributed by atoms with Gasteiger partial charge in [-0.25, -0.2) is 13.6 Å². The van der Waals surface area contributed by atoms with Crippen LogP contribution in [0.4, 0.5) is 5.69 Å². The first-order valence-electron chi connectivity index (χ1n) is 5.26. The van der Waals surface area contributed by atoms with E-state index in [-0.39, 0.29) is 27.6 Å². The fourth-order valence-electron chi connectivity index (χ4n) is 1.74. The van der Waals surface area contributed by atoms with Crippen LogP contribution in [0.5, 0.6) is 0 Å². The summed E-state index contributed by atoms with van der Waals surface area (Å²) in [5, 5.41) is 10.8. The Morgan fingerprint density at radius 3 is 2.61 bits per heavy atom. The van der Waals surface area contributed by atoms with Crippen molar-refractivity contribution >= 4 is 33.2 Å². The van der Waals surface area contributed by atoms with E-state index in [0.29, 0.717) is 12.1 Å². The molecular formula is C10H12ClN3O3S. The van der Waals surface area contributed by atoms with Crippen LogP contribution < -0.4 is 15.8 Å². The Bertz CT molecular complexity index is 615. The van der Waals surface area contributed by atoms with E-state index in [1.165, 1.54) is 12.1 Å². The predicted octanol–water partition coefficient (Wildman–Crippen LogP) is 0.879. The van der Waals surface area contributed by atoms with Gasteiger partial charge in [0.05, 0.1) is 22.4 Å². The second kappa shape index (κ2) is 4.42. The third-order valence-electron chi connectivity index (χ3n) is 2.67. The second-order valence-corrected chi connectivity index (χ2v) is 5.89. The van der Waals surface area contributed by atoms with E-state index in [9.17, 15) is 13.2 Å². The maximum absolute atomic E-state index is 11.8. The highest BCUT2D eigenvalue weighted by Gasteiger charge is 2.26. The van der Waals surface area contributed by atoms with E-state index in [1.54, 1.807) is 0 Å². The minimum Gasteiger partial charge on any atom is -0.365 e. The third-order valence-corrected chi connectivity index (χ3v) is 4.04. The number of fused-ring (bicyclic) bond motifs is 1. The molecule has 0 aliphatic carbocycles. The highest BCUT2D eigenvalue weighted by Crippen LogP contribution is 2.30. The molecule has 2 rings (SSSR count). The highest BCUT2D eigenvalue weighted by molar-refractivity contribution is 7.89. The van der Waals surface area contributed by atoms with Crippen molar-refractivity contribution in [3.63, 3.8) is 0 Å². The Morgan fingerprint density at radius 1 is 1.39 bits per heavy atom. The average molecular weight is 290 g/mol. The number of hydrogen-bond donors (Lipinski definition) is 3. The molecule has 1 aromatic carbocycles. The summed E-state index contributed by atoms with van der Waals surface area (Å²) in [4.78, 5) is 11.6. The number of amides is 1. The van der Waals surface area contributed by atoms with Crippen molar-refractivity contribution in [1.29, 1.82) is 0 Å². The van der Waals surface area contributed by atoms with Crippen molar-refractivity contribution in [3.05, 3.63) is 22.7 Å². The van der Waals surface area contributed by atoms with E-state index in [2.05, 4.69) is 10.6 Å². The molecular weight excluding hydrogens is 278 g/mol. The lowest BCUT2D eigenvalue weighted by Crippen LogP contribution is -2.44. The maximum atomic E-state index is 11.8. The van der Waals surface area contributed by atoms with Gasteiger partial charge in [0, 0.05) is 0 Å². The second-order valence-electron chi connectivity index (χ2n) is 3.95. The van der Waals surface area contributed by atoms with Gasteiger partial charge in [-0.2, -0.15) is 0 Å². The molecule has 0 fully saturated rings. The van der Waals surface area contributed by atoms with Crippen LogP contribution in [0.25, 0.3) is 0 Å². The van der Waals surface area contributed by atoms with Crippen molar-refractivity contribution in [1.82, 2.24) is 5.32 Å². The summed E-state index contributed by atoms with van der Waals surface area (Å²) in [7, 11) is -3.95. The van der Waals surface area contributed by atoms with Gasteiger partial charge < -0.3 is 10.6 Å². The number of nitrogens with two attached hydrogens (primary N) is 1. The molecule has 0 aromatic heterocycles. The molecule has 0 bridgehead atoms. The molecule has 1 aromatic rings. The Kier molecular flexibility index (Phi) is 3.22. The van der Waals surface area contributed by atoms with Crippen molar-refractivity contribution in [2.45, 2.75) is 24.4 Å². The summed E-state index contributed by atoms with van der Waals surface area (Å²) in [6.45, 7) is 1.91. The fraction of sp³-hybridized carbons (Fsp3) is 0.300. The molecule has 1 aliphatic heterocycles. The Morgan fingerprint density at radius 2 is 2.06 bits per heavy atom. The van der Waals surface area contributed by atoms with Crippen LogP contribution in [0.1, 0.15) is 23.7 Å². The Hall–Kier alpha value is -1.31. The van der Waals surface area contributed by atoms with Crippen LogP contribution in [0, 0.1) is 0 Å². The number of halogens is 1. The molecule has 1 aliphatic rings. The molecule has 8 heteroatoms. The van der Waals surface area contributed by atoms with E-state index in [4.69, 9.17) is 16.7 Å². The van der Waals surface area contributed by atoms with Crippen LogP contribution in [0.15, 0.2) is 17.0 Å². The highest BCUT2D eigenvalue weighted by atomic mass is 35.5. The summed E-state index contributed by atoms with van der Waals surface area (Å²) in [5.74, 6) is -0.350. The minimum atomic E-state index is -3.95. The summed E-state index contributed by atoms with van der Waals surface area (Å²) in [5.41, 5.74) is 0.719. The SMILES string of the molecule is CC[C@H]1NC(=O)c2cc(S(N)(=O)=O)c(Cl)cc2N1. The number of anilines is 1. The quantitative estimate of drug-likeness (QED) is 0.752. The van der Waals surface area contributed by atoms with Crippen molar-refractivity contribution < 1.29 is 13.2 Å². The smallest absolute Gasteiger partial charge is 0.255 e. The number of hydrogen-bond acceptors (Lipinski definition) is 4. The normalized spacial score (nSPS) is 18.8. The molecule has 0 spiro atoms. The lowest BCUT2D eigenvalue weighted by Gasteiger charge is -2.27. The van der Waals surface area contributed by atoms with Gasteiger partial charge in [-0.05, 0) is 18.6 Å². The molecule has 4 N–H and O–H groups in total. The average Bonchev–Trinajstić information content (AvgIpc) is 2.26. The number of carbonyl (C=O) groups is 1. The summed E-state index contributed by atoms with van der Waals surface area (Å²) in [6.07, 6.45) is 0.501. The summed E-state index contributed by atoms with van der Waals surface area (Å²) in [6, 6.07) is 2.58. The van der Waals surface area contributed by atoms with E-state index < -0.39 is 10.0 Å². The summed E-state index contributed by atoms with van der Waals surface area (Å²) >= 11 is 5.85. The minimum absolute atomic E-state index is 0.00620. The van der Waals surface area contributed by atoms with E-state index in [0.717, 1.165) is 0 Å². The Balaban J connectivity index is 2.58. The van der Waals surface area contributed by atoms with Crippen LogP contribution in [-0.4, -0.2) is 20.5 Å². The van der Waals surface area contributed by atoms with E-state index in [1.807, 2.05) is 6.92 Å². The van der Waals surface area contributed by atoms with Gasteiger partial charge >= 0.3 is 0 Å². The zero-order chi connectivity index (χ0) is 13.5. The number of carbonyl (C=O) groups excluding carboxylic acids is 1. The molecule has 0 unspecified atom stereocenters. The summed E-state index contributed by atoms with van der Waals surface area (Å²) < 4.78 is 22.6. The fourth-order valence-corrected chi connectivity index (χ4v) is 2.84. The van der Waals surface area contributed by atoms with Gasteiger partial charge in [0.1, 0.15) is 4.90 Å². The number of benzene rings is 1. The van der Waals surface area contributed by atoms with Gasteiger partial charge in [0.25, 0.3) is 5.91 Å². The molecule has 1 heterocycles. The zero-order valence-electron chi connectivity index (χ0n) is 9.53. The number of rotatable bonds is 2. The van der Waals surface area contributed by atoms with Crippen LogP contribution in [0.3, 0.4) is 0 Å². The first-order chi connectivity index (χ1) is 8.32. The van der Waals surface area contributed by atoms with Gasteiger partial charge in [-0.1, -0.05) is 18.5 Å². The van der Waals surface area contributed by atoms with Gasteiger partial charge in [0.15, 0.2) is 0 Å². The molecule has 0 saturated carbocycles. The lowest BCUT2D eigenvalue weighted by atomic mass is 10.1. The van der Waals surface area contributed by atoms with Crippen LogP contribution in [0.2, 0.25) is 5.02 Å². The molecule has 6 nitrogen and oxygen atoms in total. The van der Waals surface area contributed by atoms with E-state index >= 15 is 0 Å². The topological polar surface area (TPSA) is 101 Å². The third kappa shape index (κ3) is 2.29. The molecule has 18 heavy (non-hydrogen) atoms. The zero-order valence-corrected chi connectivity index (χ0v) is 11.1.